The molecule has 6 atom stereocenters. The van der Waals surface area contributed by atoms with Crippen molar-refractivity contribution in [3.05, 3.63) is 85.1 Å². The summed E-state index contributed by atoms with van der Waals surface area (Å²) in [5.74, 6) is -0.330. The first-order valence-corrected chi connectivity index (χ1v) is 25.7. The Bertz CT molecular complexity index is 1250. The second-order valence-electron chi connectivity index (χ2n) is 17.2. The van der Waals surface area contributed by atoms with Crippen molar-refractivity contribution in [2.45, 2.75) is 230 Å². The lowest BCUT2D eigenvalue weighted by Crippen LogP contribution is -2.59. The minimum Gasteiger partial charge on any atom is -0.457 e. The molecule has 9 heteroatoms. The molecule has 0 aromatic heterocycles. The maximum atomic E-state index is 12.8. The SMILES string of the molecule is CC/C=C\C/C=C\C/C=C\C/C=C\C/C=C\C/C=C\CCCCCOCC(COC1OC(CO)C(O)C(O)C1O)OC(=O)CCCCCCCCCCC/C=C\CCCCCCCC. The number of ether oxygens (including phenoxy) is 4. The molecule has 0 spiro atoms. The number of carbonyl (C=O) groups is 1. The van der Waals surface area contributed by atoms with E-state index in [2.05, 4.69) is 98.9 Å². The van der Waals surface area contributed by atoms with Crippen LogP contribution in [0.2, 0.25) is 0 Å². The number of allylic oxidation sites excluding steroid dienone is 14. The van der Waals surface area contributed by atoms with Crippen LogP contribution in [0.4, 0.5) is 0 Å². The lowest BCUT2D eigenvalue weighted by Gasteiger charge is -2.39. The summed E-state index contributed by atoms with van der Waals surface area (Å²) < 4.78 is 22.9. The first-order chi connectivity index (χ1) is 31.4. The van der Waals surface area contributed by atoms with Crippen LogP contribution >= 0.6 is 0 Å². The molecule has 1 saturated heterocycles. The van der Waals surface area contributed by atoms with Gasteiger partial charge in [0.25, 0.3) is 0 Å². The molecule has 0 radical (unpaired) electrons. The van der Waals surface area contributed by atoms with Crippen molar-refractivity contribution in [2.75, 3.05) is 26.4 Å². The van der Waals surface area contributed by atoms with Crippen LogP contribution in [0.5, 0.6) is 0 Å². The van der Waals surface area contributed by atoms with Gasteiger partial charge in [-0.3, -0.25) is 4.79 Å². The van der Waals surface area contributed by atoms with Gasteiger partial charge in [-0.05, 0) is 89.9 Å². The van der Waals surface area contributed by atoms with Crippen LogP contribution < -0.4 is 0 Å². The van der Waals surface area contributed by atoms with E-state index >= 15 is 0 Å². The third-order valence-electron chi connectivity index (χ3n) is 11.3. The molecule has 6 unspecified atom stereocenters. The van der Waals surface area contributed by atoms with Gasteiger partial charge in [0.1, 0.15) is 30.5 Å². The summed E-state index contributed by atoms with van der Waals surface area (Å²) in [6.07, 6.45) is 54.7. The summed E-state index contributed by atoms with van der Waals surface area (Å²) >= 11 is 0. The topological polar surface area (TPSA) is 135 Å². The molecule has 0 bridgehead atoms. The van der Waals surface area contributed by atoms with E-state index in [0.29, 0.717) is 13.0 Å². The minimum atomic E-state index is -1.55. The molecule has 1 rings (SSSR count). The quantitative estimate of drug-likeness (QED) is 0.0268. The molecule has 1 aliphatic heterocycles. The first-order valence-electron chi connectivity index (χ1n) is 25.7. The number of hydrogen-bond donors (Lipinski definition) is 4. The van der Waals surface area contributed by atoms with Crippen molar-refractivity contribution < 1.29 is 44.2 Å². The second kappa shape index (κ2) is 45.5. The highest BCUT2D eigenvalue weighted by atomic mass is 16.7. The van der Waals surface area contributed by atoms with Crippen LogP contribution in [-0.2, 0) is 23.7 Å². The number of hydrogen-bond acceptors (Lipinski definition) is 9. The van der Waals surface area contributed by atoms with Gasteiger partial charge in [0.15, 0.2) is 6.29 Å². The minimum absolute atomic E-state index is 0.117. The fourth-order valence-electron chi connectivity index (χ4n) is 7.31. The van der Waals surface area contributed by atoms with Crippen LogP contribution in [-0.4, -0.2) is 89.6 Å². The number of esters is 1. The molecule has 0 amide bonds. The molecule has 9 nitrogen and oxygen atoms in total. The summed E-state index contributed by atoms with van der Waals surface area (Å²) in [7, 11) is 0. The molecular formula is C55H94O9. The van der Waals surface area contributed by atoms with E-state index in [1.165, 1.54) is 89.9 Å². The van der Waals surface area contributed by atoms with E-state index in [1.54, 1.807) is 0 Å². The zero-order chi connectivity index (χ0) is 46.4. The van der Waals surface area contributed by atoms with Crippen LogP contribution in [0.25, 0.3) is 0 Å². The Morgan fingerprint density at radius 2 is 0.953 bits per heavy atom. The Hall–Kier alpha value is -2.63. The van der Waals surface area contributed by atoms with Crippen LogP contribution in [0.15, 0.2) is 85.1 Å². The Labute approximate surface area is 390 Å². The van der Waals surface area contributed by atoms with Gasteiger partial charge >= 0.3 is 5.97 Å². The maximum absolute atomic E-state index is 12.8. The Morgan fingerprint density at radius 1 is 0.516 bits per heavy atom. The number of carbonyl (C=O) groups excluding carboxylic acids is 1. The zero-order valence-corrected chi connectivity index (χ0v) is 40.5. The van der Waals surface area contributed by atoms with Gasteiger partial charge in [0, 0.05) is 13.0 Å². The smallest absolute Gasteiger partial charge is 0.306 e. The average Bonchev–Trinajstić information content (AvgIpc) is 3.30. The van der Waals surface area contributed by atoms with Crippen LogP contribution in [0.3, 0.4) is 0 Å². The first kappa shape index (κ1) is 59.4. The van der Waals surface area contributed by atoms with Gasteiger partial charge in [-0.1, -0.05) is 182 Å². The molecule has 4 N–H and O–H groups in total. The van der Waals surface area contributed by atoms with Gasteiger partial charge in [0.2, 0.25) is 0 Å². The van der Waals surface area contributed by atoms with Gasteiger partial charge in [-0.15, -0.1) is 0 Å². The van der Waals surface area contributed by atoms with Crippen LogP contribution in [0.1, 0.15) is 194 Å². The molecule has 64 heavy (non-hydrogen) atoms. The molecule has 1 aliphatic rings. The van der Waals surface area contributed by atoms with E-state index in [1.807, 2.05) is 0 Å². The average molecular weight is 899 g/mol. The standard InChI is InChI=1S/C55H94O9/c1-3-5-7-9-11-13-15-17-19-21-23-24-25-27-29-31-33-35-37-39-41-43-45-61-47-49(48-62-55-54(60)53(59)52(58)50(46-56)64-55)63-51(57)44-42-40-38-36-34-32-30-28-26-22-20-18-16-14-12-10-8-6-4-2/h5,7,11,13,17-20,23-24,27,29,33,35,49-50,52-56,58-60H,3-4,6,8-10,12,14-16,21-22,25-26,28,30-32,34,36-48H2,1-2H3/b7-5-,13-11-,19-17-,20-18-,24-23-,29-27-,35-33-. The summed E-state index contributed by atoms with van der Waals surface area (Å²) in [6, 6.07) is 0. The molecule has 0 aliphatic carbocycles. The normalized spacial score (nSPS) is 20.2. The number of rotatable bonds is 43. The lowest BCUT2D eigenvalue weighted by molar-refractivity contribution is -0.305. The molecule has 0 aromatic rings. The molecule has 368 valence electrons. The highest BCUT2D eigenvalue weighted by Gasteiger charge is 2.44. The highest BCUT2D eigenvalue weighted by Crippen LogP contribution is 2.22. The Morgan fingerprint density at radius 3 is 1.45 bits per heavy atom. The fourth-order valence-corrected chi connectivity index (χ4v) is 7.31. The third kappa shape index (κ3) is 35.6. The van der Waals surface area contributed by atoms with Crippen LogP contribution in [0, 0.1) is 0 Å². The number of aliphatic hydroxyl groups excluding tert-OH is 4. The maximum Gasteiger partial charge on any atom is 0.306 e. The third-order valence-corrected chi connectivity index (χ3v) is 11.3. The summed E-state index contributed by atoms with van der Waals surface area (Å²) in [4.78, 5) is 12.8. The molecule has 0 aromatic carbocycles. The van der Waals surface area contributed by atoms with E-state index in [0.717, 1.165) is 83.5 Å². The van der Waals surface area contributed by atoms with Crippen molar-refractivity contribution in [2.24, 2.45) is 0 Å². The predicted octanol–water partition coefficient (Wildman–Crippen LogP) is 12.6. The van der Waals surface area contributed by atoms with Crippen molar-refractivity contribution in [1.82, 2.24) is 0 Å². The van der Waals surface area contributed by atoms with E-state index in [4.69, 9.17) is 18.9 Å². The van der Waals surface area contributed by atoms with Crippen molar-refractivity contribution in [1.29, 1.82) is 0 Å². The Balaban J connectivity index is 2.25. The van der Waals surface area contributed by atoms with Crippen molar-refractivity contribution >= 4 is 5.97 Å². The van der Waals surface area contributed by atoms with Crippen molar-refractivity contribution in [3.63, 3.8) is 0 Å². The van der Waals surface area contributed by atoms with E-state index in [9.17, 15) is 25.2 Å². The number of aliphatic hydroxyl groups is 4. The monoisotopic (exact) mass is 899 g/mol. The lowest BCUT2D eigenvalue weighted by atomic mass is 9.99. The second-order valence-corrected chi connectivity index (χ2v) is 17.2. The summed E-state index contributed by atoms with van der Waals surface area (Å²) in [5, 5.41) is 40.2. The van der Waals surface area contributed by atoms with E-state index in [-0.39, 0.29) is 19.2 Å². The molecule has 1 fully saturated rings. The summed E-state index contributed by atoms with van der Waals surface area (Å²) in [5.41, 5.74) is 0. The molecule has 0 saturated carbocycles. The Kier molecular flexibility index (Phi) is 42.2. The fraction of sp³-hybridized carbons (Fsp3) is 0.727. The van der Waals surface area contributed by atoms with Gasteiger partial charge in [-0.2, -0.15) is 0 Å². The van der Waals surface area contributed by atoms with Crippen molar-refractivity contribution in [3.8, 4) is 0 Å². The van der Waals surface area contributed by atoms with Gasteiger partial charge in [0.05, 0.1) is 19.8 Å². The predicted molar refractivity (Wildman–Crippen MR) is 265 cm³/mol. The summed E-state index contributed by atoms with van der Waals surface area (Å²) in [6.45, 7) is 4.36. The van der Waals surface area contributed by atoms with Gasteiger partial charge in [-0.25, -0.2) is 0 Å². The zero-order valence-electron chi connectivity index (χ0n) is 40.5. The van der Waals surface area contributed by atoms with Gasteiger partial charge < -0.3 is 39.4 Å². The van der Waals surface area contributed by atoms with E-state index < -0.39 is 43.4 Å². The number of unbranched alkanes of at least 4 members (excludes halogenated alkanes) is 18. The largest absolute Gasteiger partial charge is 0.457 e. The molecular weight excluding hydrogens is 805 g/mol. The molecule has 1 heterocycles. The highest BCUT2D eigenvalue weighted by molar-refractivity contribution is 5.69.